The number of fused-ring (bicyclic) bond motifs is 1. The van der Waals surface area contributed by atoms with Crippen LogP contribution < -0.4 is 5.32 Å². The molecule has 0 saturated heterocycles. The van der Waals surface area contributed by atoms with Crippen LogP contribution in [0.1, 0.15) is 6.92 Å². The van der Waals surface area contributed by atoms with Crippen LogP contribution in [-0.4, -0.2) is 18.1 Å². The first kappa shape index (κ1) is 11.0. The quantitative estimate of drug-likeness (QED) is 0.677. The highest BCUT2D eigenvalue weighted by Gasteiger charge is 2.43. The Balaban J connectivity index is 2.43. The van der Waals surface area contributed by atoms with Crippen molar-refractivity contribution in [1.82, 2.24) is 5.32 Å². The average molecular weight is 229 g/mol. The van der Waals surface area contributed by atoms with Gasteiger partial charge in [0.1, 0.15) is 0 Å². The van der Waals surface area contributed by atoms with E-state index in [-0.39, 0.29) is 0 Å². The van der Waals surface area contributed by atoms with Crippen molar-refractivity contribution in [2.24, 2.45) is 5.92 Å². The molecule has 16 heavy (non-hydrogen) atoms. The zero-order valence-electron chi connectivity index (χ0n) is 8.51. The van der Waals surface area contributed by atoms with Crippen LogP contribution in [0.4, 0.5) is 13.2 Å². The highest BCUT2D eigenvalue weighted by Crippen LogP contribution is 2.37. The number of halogens is 3. The van der Waals surface area contributed by atoms with Gasteiger partial charge in [0, 0.05) is 17.6 Å². The number of alkyl halides is 3. The second kappa shape index (κ2) is 3.50. The Hall–Kier alpha value is -1.52. The van der Waals surface area contributed by atoms with E-state index in [2.05, 4.69) is 5.32 Å². The summed E-state index contributed by atoms with van der Waals surface area (Å²) in [4.78, 5) is 11.1. The summed E-state index contributed by atoms with van der Waals surface area (Å²) in [6.07, 6.45) is 1.02. The minimum absolute atomic E-state index is 0.585. The minimum atomic E-state index is -4.46. The summed E-state index contributed by atoms with van der Waals surface area (Å²) >= 11 is 0. The lowest BCUT2D eigenvalue weighted by Crippen LogP contribution is -2.45. The Morgan fingerprint density at radius 2 is 2.06 bits per heavy atom. The Kier molecular flexibility index (Phi) is 2.40. The van der Waals surface area contributed by atoms with Gasteiger partial charge in [-0.25, -0.2) is 0 Å². The van der Waals surface area contributed by atoms with Crippen molar-refractivity contribution in [3.63, 3.8) is 0 Å². The molecule has 0 aromatic carbocycles. The van der Waals surface area contributed by atoms with E-state index in [9.17, 15) is 18.0 Å². The van der Waals surface area contributed by atoms with E-state index in [1.807, 2.05) is 0 Å². The number of allylic oxidation sites excluding steroid dienone is 2. The van der Waals surface area contributed by atoms with Crippen molar-refractivity contribution < 1.29 is 18.0 Å². The molecule has 5 heteroatoms. The SMILES string of the molecule is CC1=CC2C(C(F)(F)F)=CC(=O)NC2C=C1. The molecule has 2 unspecified atom stereocenters. The fourth-order valence-electron chi connectivity index (χ4n) is 1.95. The predicted octanol–water partition coefficient (Wildman–Crippen LogP) is 2.11. The van der Waals surface area contributed by atoms with E-state index in [0.717, 1.165) is 5.57 Å². The number of nitrogens with one attached hydrogen (secondary N) is 1. The smallest absolute Gasteiger partial charge is 0.345 e. The Morgan fingerprint density at radius 3 is 2.69 bits per heavy atom. The van der Waals surface area contributed by atoms with E-state index in [1.165, 1.54) is 6.08 Å². The summed E-state index contributed by atoms with van der Waals surface area (Å²) in [5.74, 6) is -1.49. The van der Waals surface area contributed by atoms with Crippen LogP contribution in [0.2, 0.25) is 0 Å². The maximum atomic E-state index is 12.7. The predicted molar refractivity (Wildman–Crippen MR) is 52.5 cm³/mol. The largest absolute Gasteiger partial charge is 0.413 e. The van der Waals surface area contributed by atoms with Crippen LogP contribution in [0.3, 0.4) is 0 Å². The van der Waals surface area contributed by atoms with Crippen molar-refractivity contribution >= 4 is 5.91 Å². The first-order chi connectivity index (χ1) is 7.38. The lowest BCUT2D eigenvalue weighted by molar-refractivity contribution is -0.122. The lowest BCUT2D eigenvalue weighted by Gasteiger charge is -2.32. The number of carbonyl (C=O) groups excluding carboxylic acids is 1. The molecule has 0 fully saturated rings. The van der Waals surface area contributed by atoms with Gasteiger partial charge < -0.3 is 5.32 Å². The van der Waals surface area contributed by atoms with Crippen LogP contribution in [0.15, 0.2) is 35.5 Å². The molecule has 0 saturated carbocycles. The third-order valence-corrected chi connectivity index (χ3v) is 2.68. The Bertz CT molecular complexity index is 417. The van der Waals surface area contributed by atoms with Crippen LogP contribution in [0, 0.1) is 5.92 Å². The van der Waals surface area contributed by atoms with E-state index in [0.29, 0.717) is 6.08 Å². The molecule has 0 aromatic rings. The van der Waals surface area contributed by atoms with E-state index in [1.54, 1.807) is 19.1 Å². The molecule has 2 nitrogen and oxygen atoms in total. The van der Waals surface area contributed by atoms with Crippen LogP contribution in [0.25, 0.3) is 0 Å². The molecular formula is C11H10F3NO. The monoisotopic (exact) mass is 229 g/mol. The second-order valence-corrected chi connectivity index (χ2v) is 3.93. The first-order valence-electron chi connectivity index (χ1n) is 4.84. The summed E-state index contributed by atoms with van der Waals surface area (Å²) < 4.78 is 38.1. The Morgan fingerprint density at radius 1 is 1.38 bits per heavy atom. The molecule has 1 aliphatic carbocycles. The summed E-state index contributed by atoms with van der Waals surface area (Å²) in [6, 6.07) is -0.585. The third kappa shape index (κ3) is 1.89. The van der Waals surface area contributed by atoms with Crippen molar-refractivity contribution in [3.05, 3.63) is 35.5 Å². The van der Waals surface area contributed by atoms with Crippen molar-refractivity contribution in [3.8, 4) is 0 Å². The molecule has 86 valence electrons. The maximum Gasteiger partial charge on any atom is 0.413 e. The van der Waals surface area contributed by atoms with Gasteiger partial charge in [0.25, 0.3) is 0 Å². The van der Waals surface area contributed by atoms with Gasteiger partial charge in [-0.05, 0) is 6.92 Å². The van der Waals surface area contributed by atoms with Gasteiger partial charge in [0.05, 0.1) is 6.04 Å². The van der Waals surface area contributed by atoms with Crippen molar-refractivity contribution in [1.29, 1.82) is 0 Å². The normalized spacial score (nSPS) is 29.1. The molecule has 1 aliphatic heterocycles. The highest BCUT2D eigenvalue weighted by molar-refractivity contribution is 5.90. The molecule has 2 aliphatic rings. The molecule has 2 rings (SSSR count). The fraction of sp³-hybridized carbons (Fsp3) is 0.364. The number of rotatable bonds is 0. The molecule has 0 bridgehead atoms. The summed E-state index contributed by atoms with van der Waals surface area (Å²) in [5, 5.41) is 2.49. The average Bonchev–Trinajstić information content (AvgIpc) is 2.16. The second-order valence-electron chi connectivity index (χ2n) is 3.93. The Labute approximate surface area is 90.5 Å². The standard InChI is InChI=1S/C11H10F3NO/c1-6-2-3-9-7(4-6)8(11(12,13)14)5-10(16)15-9/h2-5,7,9H,1H3,(H,15,16). The van der Waals surface area contributed by atoms with Crippen LogP contribution >= 0.6 is 0 Å². The molecule has 1 heterocycles. The van der Waals surface area contributed by atoms with Gasteiger partial charge in [-0.15, -0.1) is 0 Å². The minimum Gasteiger partial charge on any atom is -0.345 e. The molecule has 0 spiro atoms. The van der Waals surface area contributed by atoms with E-state index < -0.39 is 29.6 Å². The van der Waals surface area contributed by atoms with Gasteiger partial charge in [-0.3, -0.25) is 4.79 Å². The topological polar surface area (TPSA) is 29.1 Å². The van der Waals surface area contributed by atoms with Gasteiger partial charge in [0.15, 0.2) is 0 Å². The molecular weight excluding hydrogens is 219 g/mol. The molecule has 2 atom stereocenters. The molecule has 0 radical (unpaired) electrons. The third-order valence-electron chi connectivity index (χ3n) is 2.68. The van der Waals surface area contributed by atoms with Crippen LogP contribution in [0.5, 0.6) is 0 Å². The highest BCUT2D eigenvalue weighted by atomic mass is 19.4. The van der Waals surface area contributed by atoms with Crippen molar-refractivity contribution in [2.75, 3.05) is 0 Å². The summed E-state index contributed by atoms with van der Waals surface area (Å²) in [5.41, 5.74) is -0.00232. The first-order valence-corrected chi connectivity index (χ1v) is 4.84. The molecule has 1 amide bonds. The van der Waals surface area contributed by atoms with Gasteiger partial charge in [0.2, 0.25) is 5.91 Å². The van der Waals surface area contributed by atoms with E-state index >= 15 is 0 Å². The van der Waals surface area contributed by atoms with Crippen molar-refractivity contribution in [2.45, 2.75) is 19.1 Å². The lowest BCUT2D eigenvalue weighted by atomic mass is 9.83. The zero-order valence-corrected chi connectivity index (χ0v) is 8.51. The number of amides is 1. The number of carbonyl (C=O) groups is 1. The van der Waals surface area contributed by atoms with Crippen LogP contribution in [-0.2, 0) is 4.79 Å². The van der Waals surface area contributed by atoms with Gasteiger partial charge in [-0.2, -0.15) is 13.2 Å². The van der Waals surface area contributed by atoms with Gasteiger partial charge >= 0.3 is 6.18 Å². The summed E-state index contributed by atoms with van der Waals surface area (Å²) in [6.45, 7) is 1.73. The maximum absolute atomic E-state index is 12.7. The summed E-state index contributed by atoms with van der Waals surface area (Å²) in [7, 11) is 0. The number of hydrogen-bond acceptors (Lipinski definition) is 1. The number of hydrogen-bond donors (Lipinski definition) is 1. The fourth-order valence-corrected chi connectivity index (χ4v) is 1.95. The molecule has 0 aromatic heterocycles. The van der Waals surface area contributed by atoms with E-state index in [4.69, 9.17) is 0 Å². The molecule has 1 N–H and O–H groups in total. The van der Waals surface area contributed by atoms with Gasteiger partial charge in [-0.1, -0.05) is 23.8 Å². The zero-order chi connectivity index (χ0) is 11.9.